The molecule has 3 aromatic rings. The van der Waals surface area contributed by atoms with Crippen molar-refractivity contribution >= 4 is 23.4 Å². The van der Waals surface area contributed by atoms with Crippen LogP contribution in [0.3, 0.4) is 0 Å². The molecule has 136 valence electrons. The Labute approximate surface area is 161 Å². The quantitative estimate of drug-likeness (QED) is 0.588. The van der Waals surface area contributed by atoms with Crippen LogP contribution < -0.4 is 4.90 Å². The van der Waals surface area contributed by atoms with E-state index in [1.54, 1.807) is 17.3 Å². The Hall–Kier alpha value is -3.18. The molecule has 0 aliphatic rings. The van der Waals surface area contributed by atoms with Gasteiger partial charge >= 0.3 is 0 Å². The second-order valence-electron chi connectivity index (χ2n) is 5.68. The van der Waals surface area contributed by atoms with E-state index < -0.39 is 0 Å². The van der Waals surface area contributed by atoms with Gasteiger partial charge in [-0.2, -0.15) is 5.26 Å². The van der Waals surface area contributed by atoms with Crippen molar-refractivity contribution in [1.82, 2.24) is 19.7 Å². The van der Waals surface area contributed by atoms with Crippen molar-refractivity contribution in [2.75, 3.05) is 17.2 Å². The highest BCUT2D eigenvalue weighted by Gasteiger charge is 2.18. The van der Waals surface area contributed by atoms with Crippen LogP contribution in [0.5, 0.6) is 0 Å². The Bertz CT molecular complexity index is 936. The van der Waals surface area contributed by atoms with Gasteiger partial charge in [-0.05, 0) is 24.3 Å². The molecule has 27 heavy (non-hydrogen) atoms. The fourth-order valence-electron chi connectivity index (χ4n) is 2.56. The first-order valence-electron chi connectivity index (χ1n) is 8.35. The molecular weight excluding hydrogens is 360 g/mol. The number of pyridine rings is 1. The summed E-state index contributed by atoms with van der Waals surface area (Å²) in [4.78, 5) is 18.5. The van der Waals surface area contributed by atoms with Crippen LogP contribution in [0.4, 0.5) is 5.69 Å². The largest absolute Gasteiger partial charge is 0.311 e. The van der Waals surface area contributed by atoms with Crippen LogP contribution in [0.1, 0.15) is 6.42 Å². The normalized spacial score (nSPS) is 10.4. The fourth-order valence-corrected chi connectivity index (χ4v) is 3.35. The second kappa shape index (κ2) is 8.96. The number of aromatic nitrogens is 4. The molecule has 2 heterocycles. The van der Waals surface area contributed by atoms with Crippen LogP contribution in [0.15, 0.2) is 60.0 Å². The molecular formula is C19H18N6OS. The van der Waals surface area contributed by atoms with E-state index in [9.17, 15) is 4.79 Å². The average Bonchev–Trinajstić information content (AvgIpc) is 3.08. The van der Waals surface area contributed by atoms with Gasteiger partial charge in [0.05, 0.1) is 18.2 Å². The van der Waals surface area contributed by atoms with E-state index in [1.165, 1.54) is 11.8 Å². The van der Waals surface area contributed by atoms with Crippen molar-refractivity contribution < 1.29 is 4.79 Å². The number of hydrogen-bond acceptors (Lipinski definition) is 6. The number of thioether (sulfide) groups is 1. The van der Waals surface area contributed by atoms with E-state index >= 15 is 0 Å². The highest BCUT2D eigenvalue weighted by atomic mass is 32.2. The monoisotopic (exact) mass is 378 g/mol. The minimum absolute atomic E-state index is 0.0765. The molecule has 0 saturated heterocycles. The van der Waals surface area contributed by atoms with Crippen LogP contribution >= 0.6 is 11.8 Å². The van der Waals surface area contributed by atoms with Gasteiger partial charge < -0.3 is 9.47 Å². The van der Waals surface area contributed by atoms with E-state index in [2.05, 4.69) is 21.3 Å². The summed E-state index contributed by atoms with van der Waals surface area (Å²) in [5.74, 6) is 0.828. The van der Waals surface area contributed by atoms with Crippen molar-refractivity contribution in [3.63, 3.8) is 0 Å². The van der Waals surface area contributed by atoms with E-state index in [-0.39, 0.29) is 18.1 Å². The lowest BCUT2D eigenvalue weighted by molar-refractivity contribution is -0.116. The van der Waals surface area contributed by atoms with Crippen molar-refractivity contribution in [2.45, 2.75) is 11.6 Å². The molecule has 0 atom stereocenters. The standard InChI is InChI=1S/C19H18N6OS/c1-24-18(15-7-5-11-21-13-15)22-23-19(24)27-14-17(26)25(12-6-10-20)16-8-3-2-4-9-16/h2-5,7-9,11,13H,6,12,14H2,1H3. The topological polar surface area (TPSA) is 87.7 Å². The Balaban J connectivity index is 1.71. The number of nitriles is 1. The molecule has 1 aromatic carbocycles. The molecule has 0 aliphatic carbocycles. The molecule has 2 aromatic heterocycles. The minimum atomic E-state index is -0.0765. The third-order valence-corrected chi connectivity index (χ3v) is 4.90. The zero-order valence-electron chi connectivity index (χ0n) is 14.8. The summed E-state index contributed by atoms with van der Waals surface area (Å²) in [7, 11) is 1.86. The molecule has 0 fully saturated rings. The van der Waals surface area contributed by atoms with Gasteiger partial charge in [0.25, 0.3) is 0 Å². The zero-order valence-corrected chi connectivity index (χ0v) is 15.6. The first kappa shape index (κ1) is 18.6. The molecule has 0 aliphatic heterocycles. The van der Waals surface area contributed by atoms with Gasteiger partial charge in [0.15, 0.2) is 11.0 Å². The van der Waals surface area contributed by atoms with Crippen LogP contribution in [-0.2, 0) is 11.8 Å². The predicted molar refractivity (Wildman–Crippen MR) is 104 cm³/mol. The van der Waals surface area contributed by atoms with Gasteiger partial charge in [-0.15, -0.1) is 10.2 Å². The number of rotatable bonds is 7. The van der Waals surface area contributed by atoms with E-state index in [0.29, 0.717) is 17.5 Å². The van der Waals surface area contributed by atoms with Crippen molar-refractivity contribution in [3.05, 3.63) is 54.9 Å². The Kier molecular flexibility index (Phi) is 6.18. The van der Waals surface area contributed by atoms with Crippen molar-refractivity contribution in [1.29, 1.82) is 5.26 Å². The van der Waals surface area contributed by atoms with Gasteiger partial charge in [0, 0.05) is 37.2 Å². The van der Waals surface area contributed by atoms with Gasteiger partial charge in [-0.25, -0.2) is 0 Å². The minimum Gasteiger partial charge on any atom is -0.311 e. The van der Waals surface area contributed by atoms with Crippen LogP contribution in [-0.4, -0.2) is 38.0 Å². The molecule has 0 saturated carbocycles. The van der Waals surface area contributed by atoms with Crippen LogP contribution in [0, 0.1) is 11.3 Å². The lowest BCUT2D eigenvalue weighted by Gasteiger charge is -2.21. The number of nitrogens with zero attached hydrogens (tertiary/aromatic N) is 6. The molecule has 0 unspecified atom stereocenters. The van der Waals surface area contributed by atoms with E-state index in [4.69, 9.17) is 5.26 Å². The van der Waals surface area contributed by atoms with Gasteiger partial charge in [0.1, 0.15) is 0 Å². The number of para-hydroxylation sites is 1. The van der Waals surface area contributed by atoms with E-state index in [1.807, 2.05) is 54.1 Å². The maximum atomic E-state index is 12.7. The lowest BCUT2D eigenvalue weighted by Crippen LogP contribution is -2.33. The molecule has 0 bridgehead atoms. The summed E-state index contributed by atoms with van der Waals surface area (Å²) in [6.45, 7) is 0.361. The third-order valence-electron chi connectivity index (χ3n) is 3.90. The number of carbonyl (C=O) groups excluding carboxylic acids is 1. The Morgan fingerprint density at radius 1 is 1.22 bits per heavy atom. The van der Waals surface area contributed by atoms with Gasteiger partial charge in [0.2, 0.25) is 5.91 Å². The number of hydrogen-bond donors (Lipinski definition) is 0. The lowest BCUT2D eigenvalue weighted by atomic mass is 10.2. The summed E-state index contributed by atoms with van der Waals surface area (Å²) in [6.07, 6.45) is 3.71. The molecule has 0 N–H and O–H groups in total. The molecule has 0 radical (unpaired) electrons. The van der Waals surface area contributed by atoms with E-state index in [0.717, 1.165) is 11.3 Å². The van der Waals surface area contributed by atoms with Crippen LogP contribution in [0.25, 0.3) is 11.4 Å². The maximum Gasteiger partial charge on any atom is 0.237 e. The highest BCUT2D eigenvalue weighted by Crippen LogP contribution is 2.23. The smallest absolute Gasteiger partial charge is 0.237 e. The molecule has 1 amide bonds. The number of benzene rings is 1. The summed E-state index contributed by atoms with van der Waals surface area (Å²) in [6, 6.07) is 15.2. The first-order valence-corrected chi connectivity index (χ1v) is 9.34. The summed E-state index contributed by atoms with van der Waals surface area (Å²) in [5.41, 5.74) is 1.65. The first-order chi connectivity index (χ1) is 13.2. The third kappa shape index (κ3) is 4.51. The molecule has 7 nitrogen and oxygen atoms in total. The Morgan fingerprint density at radius 3 is 2.74 bits per heavy atom. The highest BCUT2D eigenvalue weighted by molar-refractivity contribution is 7.99. The van der Waals surface area contributed by atoms with Crippen LogP contribution in [0.2, 0.25) is 0 Å². The molecule has 0 spiro atoms. The molecule has 3 rings (SSSR count). The van der Waals surface area contributed by atoms with Gasteiger partial charge in [-0.3, -0.25) is 9.78 Å². The fraction of sp³-hybridized carbons (Fsp3) is 0.211. The summed E-state index contributed by atoms with van der Waals surface area (Å²) >= 11 is 1.32. The SMILES string of the molecule is Cn1c(SCC(=O)N(CCC#N)c2ccccc2)nnc1-c1cccnc1. The second-order valence-corrected chi connectivity index (χ2v) is 6.63. The maximum absolute atomic E-state index is 12.7. The average molecular weight is 378 g/mol. The van der Waals surface area contributed by atoms with Gasteiger partial charge in [-0.1, -0.05) is 30.0 Å². The summed E-state index contributed by atoms with van der Waals surface area (Å²) < 4.78 is 1.84. The molecule has 8 heteroatoms. The Morgan fingerprint density at radius 2 is 2.04 bits per heavy atom. The number of amides is 1. The predicted octanol–water partition coefficient (Wildman–Crippen LogP) is 2.92. The van der Waals surface area contributed by atoms with Crippen molar-refractivity contribution in [2.24, 2.45) is 7.05 Å². The van der Waals surface area contributed by atoms with Crippen molar-refractivity contribution in [3.8, 4) is 17.5 Å². The number of anilines is 1. The number of carbonyl (C=O) groups is 1. The zero-order chi connectivity index (χ0) is 19.1. The summed E-state index contributed by atoms with van der Waals surface area (Å²) in [5, 5.41) is 17.9.